The number of hydrogen-bond acceptors (Lipinski definition) is 2. The molecule has 1 aromatic heterocycles. The van der Waals surface area contributed by atoms with Gasteiger partial charge in [-0.05, 0) is 55.9 Å². The van der Waals surface area contributed by atoms with Gasteiger partial charge in [0, 0.05) is 17.4 Å². The average Bonchev–Trinajstić information content (AvgIpc) is 2.98. The van der Waals surface area contributed by atoms with E-state index in [2.05, 4.69) is 13.8 Å². The SMILES string of the molecule is CC(C)Cc1cn(C(C)(C)C)c(=O)n1Cc1ccc(-c2ccccc2C(=O)O)cc1. The van der Waals surface area contributed by atoms with E-state index in [1.807, 2.05) is 72.5 Å². The van der Waals surface area contributed by atoms with Crippen LogP contribution in [0.1, 0.15) is 56.2 Å². The largest absolute Gasteiger partial charge is 0.478 e. The summed E-state index contributed by atoms with van der Waals surface area (Å²) in [6.45, 7) is 10.9. The summed E-state index contributed by atoms with van der Waals surface area (Å²) in [6, 6.07) is 14.8. The Hall–Kier alpha value is -3.08. The van der Waals surface area contributed by atoms with Crippen molar-refractivity contribution in [3.05, 3.63) is 82.0 Å². The van der Waals surface area contributed by atoms with Crippen LogP contribution in [0.3, 0.4) is 0 Å². The van der Waals surface area contributed by atoms with Gasteiger partial charge in [0.2, 0.25) is 0 Å². The summed E-state index contributed by atoms with van der Waals surface area (Å²) in [7, 11) is 0. The first-order chi connectivity index (χ1) is 14.1. The normalized spacial score (nSPS) is 11.8. The summed E-state index contributed by atoms with van der Waals surface area (Å²) in [4.78, 5) is 24.6. The molecule has 0 spiro atoms. The smallest absolute Gasteiger partial charge is 0.336 e. The molecule has 30 heavy (non-hydrogen) atoms. The second kappa shape index (κ2) is 8.34. The minimum absolute atomic E-state index is 0.00144. The number of rotatable bonds is 6. The zero-order valence-electron chi connectivity index (χ0n) is 18.3. The quantitative estimate of drug-likeness (QED) is 0.625. The second-order valence-corrected chi connectivity index (χ2v) is 9.18. The van der Waals surface area contributed by atoms with Gasteiger partial charge in [0.15, 0.2) is 0 Å². The molecule has 3 aromatic rings. The Bertz CT molecular complexity index is 1100. The van der Waals surface area contributed by atoms with Crippen LogP contribution in [0.25, 0.3) is 11.1 Å². The first kappa shape index (κ1) is 21.6. The summed E-state index contributed by atoms with van der Waals surface area (Å²) < 4.78 is 3.66. The van der Waals surface area contributed by atoms with Crippen LogP contribution >= 0.6 is 0 Å². The Morgan fingerprint density at radius 1 is 1.03 bits per heavy atom. The highest BCUT2D eigenvalue weighted by Gasteiger charge is 2.21. The van der Waals surface area contributed by atoms with Crippen molar-refractivity contribution in [3.63, 3.8) is 0 Å². The summed E-state index contributed by atoms with van der Waals surface area (Å²) in [5, 5.41) is 9.44. The molecule has 158 valence electrons. The lowest BCUT2D eigenvalue weighted by Crippen LogP contribution is -2.34. The van der Waals surface area contributed by atoms with Gasteiger partial charge in [-0.1, -0.05) is 56.3 Å². The Labute approximate surface area is 177 Å². The fourth-order valence-corrected chi connectivity index (χ4v) is 3.65. The van der Waals surface area contributed by atoms with Gasteiger partial charge < -0.3 is 5.11 Å². The third-order valence-electron chi connectivity index (χ3n) is 5.17. The molecule has 0 aliphatic carbocycles. The first-order valence-electron chi connectivity index (χ1n) is 10.3. The molecule has 1 heterocycles. The second-order valence-electron chi connectivity index (χ2n) is 9.18. The molecule has 0 saturated carbocycles. The van der Waals surface area contributed by atoms with E-state index in [4.69, 9.17) is 0 Å². The van der Waals surface area contributed by atoms with Gasteiger partial charge in [-0.15, -0.1) is 0 Å². The lowest BCUT2D eigenvalue weighted by Gasteiger charge is -2.19. The lowest BCUT2D eigenvalue weighted by atomic mass is 9.98. The third kappa shape index (κ3) is 4.56. The van der Waals surface area contributed by atoms with Crippen molar-refractivity contribution in [2.75, 3.05) is 0 Å². The molecule has 1 N–H and O–H groups in total. The van der Waals surface area contributed by atoms with E-state index in [9.17, 15) is 14.7 Å². The topological polar surface area (TPSA) is 64.2 Å². The van der Waals surface area contributed by atoms with E-state index in [1.54, 1.807) is 12.1 Å². The fourth-order valence-electron chi connectivity index (χ4n) is 3.65. The Morgan fingerprint density at radius 2 is 1.67 bits per heavy atom. The first-order valence-corrected chi connectivity index (χ1v) is 10.3. The van der Waals surface area contributed by atoms with Crippen LogP contribution in [0.15, 0.2) is 59.5 Å². The van der Waals surface area contributed by atoms with Crippen LogP contribution in [0.2, 0.25) is 0 Å². The van der Waals surface area contributed by atoms with Crippen molar-refractivity contribution >= 4 is 5.97 Å². The van der Waals surface area contributed by atoms with Crippen LogP contribution < -0.4 is 5.69 Å². The van der Waals surface area contributed by atoms with Gasteiger partial charge in [-0.3, -0.25) is 9.13 Å². The highest BCUT2D eigenvalue weighted by Crippen LogP contribution is 2.24. The Kier molecular flexibility index (Phi) is 6.01. The molecule has 0 aliphatic rings. The van der Waals surface area contributed by atoms with E-state index >= 15 is 0 Å². The fraction of sp³-hybridized carbons (Fsp3) is 0.360. The molecule has 3 rings (SSSR count). The van der Waals surface area contributed by atoms with E-state index in [0.29, 0.717) is 18.0 Å². The average molecular weight is 407 g/mol. The van der Waals surface area contributed by atoms with Crippen molar-refractivity contribution in [2.45, 2.75) is 53.1 Å². The molecule has 2 aromatic carbocycles. The van der Waals surface area contributed by atoms with Crippen molar-refractivity contribution in [1.82, 2.24) is 9.13 Å². The van der Waals surface area contributed by atoms with Gasteiger partial charge >= 0.3 is 11.7 Å². The minimum Gasteiger partial charge on any atom is -0.478 e. The predicted molar refractivity (Wildman–Crippen MR) is 120 cm³/mol. The molecule has 0 fully saturated rings. The highest BCUT2D eigenvalue weighted by molar-refractivity contribution is 5.95. The van der Waals surface area contributed by atoms with E-state index in [-0.39, 0.29) is 16.8 Å². The van der Waals surface area contributed by atoms with Gasteiger partial charge in [-0.2, -0.15) is 0 Å². The van der Waals surface area contributed by atoms with E-state index in [1.165, 1.54) is 0 Å². The number of carboxylic acids is 1. The van der Waals surface area contributed by atoms with Gasteiger partial charge in [0.1, 0.15) is 0 Å². The maximum absolute atomic E-state index is 13.1. The maximum Gasteiger partial charge on any atom is 0.336 e. The van der Waals surface area contributed by atoms with E-state index < -0.39 is 5.97 Å². The number of benzene rings is 2. The predicted octanol–water partition coefficient (Wildman–Crippen LogP) is 5.02. The van der Waals surface area contributed by atoms with Crippen molar-refractivity contribution < 1.29 is 9.90 Å². The molecule has 0 amide bonds. The number of carbonyl (C=O) groups is 1. The summed E-state index contributed by atoms with van der Waals surface area (Å²) >= 11 is 0. The highest BCUT2D eigenvalue weighted by atomic mass is 16.4. The number of nitrogens with zero attached hydrogens (tertiary/aromatic N) is 2. The van der Waals surface area contributed by atoms with Crippen LogP contribution in [-0.4, -0.2) is 20.2 Å². The molecule has 0 radical (unpaired) electrons. The number of carboxylic acid groups (broad SMARTS) is 1. The van der Waals surface area contributed by atoms with Gasteiger partial charge in [0.05, 0.1) is 12.1 Å². The van der Waals surface area contributed by atoms with Crippen LogP contribution in [-0.2, 0) is 18.5 Å². The number of hydrogen-bond donors (Lipinski definition) is 1. The zero-order chi connectivity index (χ0) is 22.1. The molecular weight excluding hydrogens is 376 g/mol. The molecule has 5 nitrogen and oxygen atoms in total. The summed E-state index contributed by atoms with van der Waals surface area (Å²) in [5.41, 5.74) is 3.57. The number of aromatic nitrogens is 2. The Morgan fingerprint density at radius 3 is 2.23 bits per heavy atom. The molecule has 0 saturated heterocycles. The number of aromatic carboxylic acids is 1. The maximum atomic E-state index is 13.1. The molecule has 0 bridgehead atoms. The molecule has 0 atom stereocenters. The molecule has 5 heteroatoms. The van der Waals surface area contributed by atoms with Crippen LogP contribution in [0, 0.1) is 5.92 Å². The lowest BCUT2D eigenvalue weighted by molar-refractivity contribution is 0.0697. The van der Waals surface area contributed by atoms with Crippen LogP contribution in [0.5, 0.6) is 0 Å². The number of imidazole rings is 1. The van der Waals surface area contributed by atoms with Crippen molar-refractivity contribution in [2.24, 2.45) is 5.92 Å². The van der Waals surface area contributed by atoms with E-state index in [0.717, 1.165) is 23.2 Å². The summed E-state index contributed by atoms with van der Waals surface area (Å²) in [6.07, 6.45) is 2.82. The van der Waals surface area contributed by atoms with Crippen LogP contribution in [0.4, 0.5) is 0 Å². The summed E-state index contributed by atoms with van der Waals surface area (Å²) in [5.74, 6) is -0.496. The van der Waals surface area contributed by atoms with Gasteiger partial charge in [-0.25, -0.2) is 9.59 Å². The molecular formula is C25H30N2O3. The molecule has 0 aliphatic heterocycles. The minimum atomic E-state index is -0.942. The zero-order valence-corrected chi connectivity index (χ0v) is 18.3. The monoisotopic (exact) mass is 406 g/mol. The van der Waals surface area contributed by atoms with Crippen molar-refractivity contribution in [1.29, 1.82) is 0 Å². The Balaban J connectivity index is 1.95. The van der Waals surface area contributed by atoms with Crippen molar-refractivity contribution in [3.8, 4) is 11.1 Å². The third-order valence-corrected chi connectivity index (χ3v) is 5.17. The standard InChI is InChI=1S/C25H30N2O3/c1-17(2)14-20-16-27(25(3,4)5)24(30)26(20)15-18-10-12-19(13-11-18)21-8-6-7-9-22(21)23(28)29/h6-13,16-17H,14-15H2,1-5H3,(H,28,29). The van der Waals surface area contributed by atoms with Gasteiger partial charge in [0.25, 0.3) is 0 Å². The molecule has 0 unspecified atom stereocenters.